The normalized spacial score (nSPS) is 10.6. The molecule has 0 heterocycles. The van der Waals surface area contributed by atoms with Gasteiger partial charge in [0.05, 0.1) is 5.02 Å². The van der Waals surface area contributed by atoms with Crippen LogP contribution in [-0.4, -0.2) is 17.7 Å². The van der Waals surface area contributed by atoms with Gasteiger partial charge in [0.2, 0.25) is 0 Å². The molecule has 0 radical (unpaired) electrons. The van der Waals surface area contributed by atoms with Crippen LogP contribution < -0.4 is 4.74 Å². The van der Waals surface area contributed by atoms with E-state index >= 15 is 0 Å². The summed E-state index contributed by atoms with van der Waals surface area (Å²) in [6, 6.07) is 2.57. The first kappa shape index (κ1) is 13.2. The largest absolute Gasteiger partial charge is 0.478 e. The van der Waals surface area contributed by atoms with E-state index in [-0.39, 0.29) is 5.02 Å². The lowest BCUT2D eigenvalue weighted by Gasteiger charge is -2.11. The molecule has 0 aliphatic carbocycles. The molecule has 7 heteroatoms. The second kappa shape index (κ2) is 5.45. The van der Waals surface area contributed by atoms with Gasteiger partial charge in [0.25, 0.3) is 0 Å². The van der Waals surface area contributed by atoms with E-state index in [1.54, 1.807) is 0 Å². The van der Waals surface area contributed by atoms with Gasteiger partial charge in [0.15, 0.2) is 0 Å². The van der Waals surface area contributed by atoms with Crippen molar-refractivity contribution in [1.29, 1.82) is 0 Å². The fraction of sp³-hybridized carbons (Fsp3) is 0.222. The molecule has 0 spiro atoms. The summed E-state index contributed by atoms with van der Waals surface area (Å²) >= 11 is 8.86. The number of rotatable bonds is 4. The molecule has 0 saturated heterocycles. The molecule has 0 aromatic heterocycles. The predicted octanol–water partition coefficient (Wildman–Crippen LogP) is 3.53. The number of alkyl halides is 3. The maximum Gasteiger partial charge on any atom is 0.387 e. The Morgan fingerprint density at radius 2 is 2.19 bits per heavy atom. The molecule has 0 aliphatic rings. The number of ether oxygens (including phenoxy) is 1. The SMILES string of the molecule is O=C(O)c1c(OC(F)F)ccc(CBr)c1Cl. The first-order valence-electron chi connectivity index (χ1n) is 4.02. The van der Waals surface area contributed by atoms with E-state index in [0.717, 1.165) is 6.07 Å². The van der Waals surface area contributed by atoms with Crippen LogP contribution in [0.25, 0.3) is 0 Å². The van der Waals surface area contributed by atoms with Crippen molar-refractivity contribution in [3.8, 4) is 5.75 Å². The summed E-state index contributed by atoms with van der Waals surface area (Å²) in [6.45, 7) is -3.09. The molecule has 0 aliphatic heterocycles. The van der Waals surface area contributed by atoms with Crippen LogP contribution in [0.2, 0.25) is 5.02 Å². The molecule has 3 nitrogen and oxygen atoms in total. The summed E-state index contributed by atoms with van der Waals surface area (Å²) in [7, 11) is 0. The molecule has 0 amide bonds. The van der Waals surface area contributed by atoms with Crippen molar-refractivity contribution in [3.05, 3.63) is 28.3 Å². The molecule has 1 N–H and O–H groups in total. The van der Waals surface area contributed by atoms with E-state index in [1.807, 2.05) is 0 Å². The van der Waals surface area contributed by atoms with Gasteiger partial charge in [0, 0.05) is 5.33 Å². The lowest BCUT2D eigenvalue weighted by Crippen LogP contribution is -2.09. The van der Waals surface area contributed by atoms with Gasteiger partial charge in [-0.05, 0) is 11.6 Å². The van der Waals surface area contributed by atoms with Gasteiger partial charge in [-0.15, -0.1) is 0 Å². The minimum atomic E-state index is -3.09. The van der Waals surface area contributed by atoms with Crippen LogP contribution in [0.15, 0.2) is 12.1 Å². The van der Waals surface area contributed by atoms with Crippen molar-refractivity contribution in [2.45, 2.75) is 11.9 Å². The Morgan fingerprint density at radius 1 is 1.56 bits per heavy atom. The lowest BCUT2D eigenvalue weighted by atomic mass is 10.1. The van der Waals surface area contributed by atoms with Crippen molar-refractivity contribution in [1.82, 2.24) is 0 Å². The van der Waals surface area contributed by atoms with E-state index in [0.29, 0.717) is 10.9 Å². The third-order valence-corrected chi connectivity index (χ3v) is 2.79. The summed E-state index contributed by atoms with van der Waals surface area (Å²) in [5.74, 6) is -1.86. The molecule has 1 aromatic carbocycles. The number of carboxylic acids is 1. The lowest BCUT2D eigenvalue weighted by molar-refractivity contribution is -0.0503. The molecule has 0 unspecified atom stereocenters. The summed E-state index contributed by atoms with van der Waals surface area (Å²) in [5, 5.41) is 9.07. The first-order chi connectivity index (χ1) is 7.47. The van der Waals surface area contributed by atoms with E-state index in [4.69, 9.17) is 16.7 Å². The standard InChI is InChI=1S/C9H6BrClF2O3/c10-3-4-1-2-5(16-9(12)13)6(7(4)11)8(14)15/h1-2,9H,3H2,(H,14,15). The monoisotopic (exact) mass is 314 g/mol. The van der Waals surface area contributed by atoms with E-state index in [2.05, 4.69) is 20.7 Å². The van der Waals surface area contributed by atoms with Crippen molar-refractivity contribution in [2.24, 2.45) is 0 Å². The zero-order valence-electron chi connectivity index (χ0n) is 7.71. The second-order valence-corrected chi connectivity index (χ2v) is 3.67. The van der Waals surface area contributed by atoms with Crippen LogP contribution in [0, 0.1) is 0 Å². The van der Waals surface area contributed by atoms with Crippen LogP contribution in [0.1, 0.15) is 15.9 Å². The van der Waals surface area contributed by atoms with Crippen molar-refractivity contribution in [3.63, 3.8) is 0 Å². The highest BCUT2D eigenvalue weighted by molar-refractivity contribution is 9.08. The van der Waals surface area contributed by atoms with E-state index < -0.39 is 23.9 Å². The third-order valence-electron chi connectivity index (χ3n) is 1.76. The number of halogens is 4. The van der Waals surface area contributed by atoms with Gasteiger partial charge in [-0.25, -0.2) is 4.79 Å². The Bertz CT molecular complexity index is 412. The summed E-state index contributed by atoms with van der Waals surface area (Å²) in [6.07, 6.45) is 0. The average molecular weight is 315 g/mol. The van der Waals surface area contributed by atoms with Gasteiger partial charge in [-0.2, -0.15) is 8.78 Å². The molecular formula is C9H6BrClF2O3. The van der Waals surface area contributed by atoms with Gasteiger partial charge in [-0.3, -0.25) is 0 Å². The van der Waals surface area contributed by atoms with Crippen LogP contribution in [-0.2, 0) is 5.33 Å². The maximum absolute atomic E-state index is 12.0. The minimum Gasteiger partial charge on any atom is -0.478 e. The van der Waals surface area contributed by atoms with Crippen molar-refractivity contribution < 1.29 is 23.4 Å². The summed E-state index contributed by atoms with van der Waals surface area (Å²) < 4.78 is 28.1. The van der Waals surface area contributed by atoms with Gasteiger partial charge >= 0.3 is 12.6 Å². The molecule has 0 atom stereocenters. The third kappa shape index (κ3) is 2.82. The molecule has 1 aromatic rings. The molecule has 16 heavy (non-hydrogen) atoms. The van der Waals surface area contributed by atoms with Gasteiger partial charge in [-0.1, -0.05) is 33.6 Å². The van der Waals surface area contributed by atoms with Crippen LogP contribution >= 0.6 is 27.5 Å². The number of benzene rings is 1. The van der Waals surface area contributed by atoms with Crippen molar-refractivity contribution in [2.75, 3.05) is 0 Å². The Balaban J connectivity index is 3.29. The van der Waals surface area contributed by atoms with Crippen LogP contribution in [0.4, 0.5) is 8.78 Å². The smallest absolute Gasteiger partial charge is 0.387 e. The maximum atomic E-state index is 12.0. The zero-order chi connectivity index (χ0) is 12.3. The van der Waals surface area contributed by atoms with Crippen molar-refractivity contribution >= 4 is 33.5 Å². The molecule has 0 saturated carbocycles. The predicted molar refractivity (Wildman–Crippen MR) is 57.7 cm³/mol. The first-order valence-corrected chi connectivity index (χ1v) is 5.52. The fourth-order valence-corrected chi connectivity index (χ4v) is 2.03. The average Bonchev–Trinajstić information content (AvgIpc) is 2.16. The topological polar surface area (TPSA) is 46.5 Å². The van der Waals surface area contributed by atoms with E-state index in [1.165, 1.54) is 6.07 Å². The number of carboxylic acid groups (broad SMARTS) is 1. The highest BCUT2D eigenvalue weighted by Gasteiger charge is 2.20. The quantitative estimate of drug-likeness (QED) is 0.865. The fourth-order valence-electron chi connectivity index (χ4n) is 1.10. The molecular weight excluding hydrogens is 309 g/mol. The van der Waals surface area contributed by atoms with Crippen LogP contribution in [0.3, 0.4) is 0 Å². The molecule has 0 bridgehead atoms. The molecule has 0 fully saturated rings. The number of aromatic carboxylic acids is 1. The Hall–Kier alpha value is -0.880. The number of carbonyl (C=O) groups is 1. The highest BCUT2D eigenvalue weighted by Crippen LogP contribution is 2.32. The number of hydrogen-bond acceptors (Lipinski definition) is 2. The summed E-state index contributed by atoms with van der Waals surface area (Å²) in [4.78, 5) is 10.9. The Labute approximate surface area is 103 Å². The minimum absolute atomic E-state index is 0.109. The van der Waals surface area contributed by atoms with Crippen LogP contribution in [0.5, 0.6) is 5.75 Å². The number of hydrogen-bond donors (Lipinski definition) is 1. The second-order valence-electron chi connectivity index (χ2n) is 2.73. The van der Waals surface area contributed by atoms with E-state index in [9.17, 15) is 13.6 Å². The Kier molecular flexibility index (Phi) is 4.49. The Morgan fingerprint density at radius 3 is 2.62 bits per heavy atom. The van der Waals surface area contributed by atoms with Gasteiger partial charge in [0.1, 0.15) is 11.3 Å². The molecule has 1 rings (SSSR count). The summed E-state index contributed by atoms with van der Waals surface area (Å²) in [5.41, 5.74) is 0.0274. The highest BCUT2D eigenvalue weighted by atomic mass is 79.9. The zero-order valence-corrected chi connectivity index (χ0v) is 10.1. The molecule has 88 valence electrons. The van der Waals surface area contributed by atoms with Gasteiger partial charge < -0.3 is 9.84 Å².